The summed E-state index contributed by atoms with van der Waals surface area (Å²) in [6.45, 7) is 0. The van der Waals surface area contributed by atoms with Crippen LogP contribution >= 0.6 is 12.4 Å². The Morgan fingerprint density at radius 3 is 2.33 bits per heavy atom. The van der Waals surface area contributed by atoms with Crippen molar-refractivity contribution < 1.29 is 0 Å². The van der Waals surface area contributed by atoms with Gasteiger partial charge in [-0.05, 0) is 41.3 Å². The zero-order valence-electron chi connectivity index (χ0n) is 14.8. The van der Waals surface area contributed by atoms with Crippen LogP contribution in [0.3, 0.4) is 0 Å². The highest BCUT2D eigenvalue weighted by Crippen LogP contribution is 2.26. The number of nitrogens with two attached hydrogens (primary N) is 2. The number of fused-ring (bicyclic) bond motifs is 1. The van der Waals surface area contributed by atoms with Crippen molar-refractivity contribution in [1.82, 2.24) is 0 Å². The highest BCUT2D eigenvalue weighted by atomic mass is 35.5. The lowest BCUT2D eigenvalue weighted by molar-refractivity contribution is 0.623. The number of rotatable bonds is 4. The minimum absolute atomic E-state index is 0. The fraction of sp³-hybridized carbons (Fsp3) is 0.143. The molecule has 0 aliphatic carbocycles. The Kier molecular flexibility index (Phi) is 5.62. The molecule has 3 aromatic rings. The van der Waals surface area contributed by atoms with E-state index in [9.17, 15) is 0 Å². The van der Waals surface area contributed by atoms with E-state index in [0.717, 1.165) is 23.9 Å². The molecule has 0 saturated heterocycles. The van der Waals surface area contributed by atoms with Crippen LogP contribution in [-0.2, 0) is 6.42 Å². The second-order valence-electron chi connectivity index (χ2n) is 6.36. The Hall–Kier alpha value is -3.05. The molecule has 0 fully saturated rings. The van der Waals surface area contributed by atoms with E-state index in [-0.39, 0.29) is 24.5 Å². The number of anilines is 1. The first-order valence-corrected chi connectivity index (χ1v) is 8.70. The standard InChI is InChI=1S/C21H21N5.ClH/c22-20-24-19(13-10-15-6-2-1-3-7-15)26(21(23)25-20)18-12-11-16-8-4-5-9-17(16)14-18;/h1-9,11-12,14,19H,10,13H2,(H4,22,23,24,25);1H. The summed E-state index contributed by atoms with van der Waals surface area (Å²) in [5.74, 6) is 0.614. The van der Waals surface area contributed by atoms with Crippen LogP contribution in [-0.4, -0.2) is 18.1 Å². The predicted molar refractivity (Wildman–Crippen MR) is 115 cm³/mol. The van der Waals surface area contributed by atoms with E-state index in [1.54, 1.807) is 0 Å². The summed E-state index contributed by atoms with van der Waals surface area (Å²) in [6.07, 6.45) is 1.52. The summed E-state index contributed by atoms with van der Waals surface area (Å²) in [6, 6.07) is 24.9. The third-order valence-electron chi connectivity index (χ3n) is 4.60. The second kappa shape index (κ2) is 8.10. The van der Waals surface area contributed by atoms with Crippen molar-refractivity contribution >= 4 is 40.8 Å². The quantitative estimate of drug-likeness (QED) is 0.725. The topological polar surface area (TPSA) is 80.0 Å². The second-order valence-corrected chi connectivity index (χ2v) is 6.36. The van der Waals surface area contributed by atoms with Crippen LogP contribution in [0.1, 0.15) is 12.0 Å². The average molecular weight is 380 g/mol. The lowest BCUT2D eigenvalue weighted by atomic mass is 10.1. The molecule has 0 aromatic heterocycles. The molecule has 3 aromatic carbocycles. The van der Waals surface area contributed by atoms with Crippen molar-refractivity contribution in [2.24, 2.45) is 21.5 Å². The highest BCUT2D eigenvalue weighted by Gasteiger charge is 2.25. The van der Waals surface area contributed by atoms with Gasteiger partial charge in [0.1, 0.15) is 6.17 Å². The summed E-state index contributed by atoms with van der Waals surface area (Å²) in [5.41, 5.74) is 14.3. The summed E-state index contributed by atoms with van der Waals surface area (Å²) in [5, 5.41) is 2.34. The zero-order valence-corrected chi connectivity index (χ0v) is 15.6. The van der Waals surface area contributed by atoms with Crippen LogP contribution in [0.5, 0.6) is 0 Å². The number of guanidine groups is 2. The number of halogens is 1. The molecule has 4 rings (SSSR count). The molecule has 1 unspecified atom stereocenters. The largest absolute Gasteiger partial charge is 0.369 e. The third kappa shape index (κ3) is 4.04. The fourth-order valence-electron chi connectivity index (χ4n) is 3.33. The van der Waals surface area contributed by atoms with Crippen molar-refractivity contribution in [3.63, 3.8) is 0 Å². The maximum atomic E-state index is 6.22. The van der Waals surface area contributed by atoms with Crippen molar-refractivity contribution in [2.45, 2.75) is 19.0 Å². The predicted octanol–water partition coefficient (Wildman–Crippen LogP) is 3.67. The van der Waals surface area contributed by atoms with E-state index in [0.29, 0.717) is 5.96 Å². The van der Waals surface area contributed by atoms with Gasteiger partial charge in [-0.1, -0.05) is 60.7 Å². The minimum Gasteiger partial charge on any atom is -0.369 e. The normalized spacial score (nSPS) is 16.4. The van der Waals surface area contributed by atoms with Gasteiger partial charge in [-0.25, -0.2) is 4.99 Å². The van der Waals surface area contributed by atoms with Gasteiger partial charge < -0.3 is 11.5 Å². The molecule has 6 heteroatoms. The van der Waals surface area contributed by atoms with Crippen LogP contribution < -0.4 is 16.4 Å². The molecule has 1 heterocycles. The monoisotopic (exact) mass is 379 g/mol. The van der Waals surface area contributed by atoms with E-state index >= 15 is 0 Å². The van der Waals surface area contributed by atoms with Gasteiger partial charge in [-0.3, -0.25) is 4.90 Å². The first-order chi connectivity index (χ1) is 12.7. The molecular formula is C21H22ClN5. The average Bonchev–Trinajstić information content (AvgIpc) is 2.66. The van der Waals surface area contributed by atoms with Crippen LogP contribution in [0.4, 0.5) is 5.69 Å². The maximum absolute atomic E-state index is 6.22. The molecule has 0 amide bonds. The molecule has 1 aliphatic heterocycles. The van der Waals surface area contributed by atoms with Crippen LogP contribution in [0.2, 0.25) is 0 Å². The minimum atomic E-state index is -0.172. The summed E-state index contributed by atoms with van der Waals surface area (Å²) >= 11 is 0. The number of benzene rings is 3. The molecule has 4 N–H and O–H groups in total. The van der Waals surface area contributed by atoms with Gasteiger partial charge in [0.15, 0.2) is 0 Å². The fourth-order valence-corrected chi connectivity index (χ4v) is 3.33. The van der Waals surface area contributed by atoms with Gasteiger partial charge in [0.25, 0.3) is 0 Å². The summed E-state index contributed by atoms with van der Waals surface area (Å²) in [4.78, 5) is 10.7. The lowest BCUT2D eigenvalue weighted by Gasteiger charge is -2.32. The SMILES string of the molecule is Cl.NC1=NC(CCc2ccccc2)N(c2ccc3ccccc3c2)C(N)=N1. The Balaban J connectivity index is 0.00000210. The summed E-state index contributed by atoms with van der Waals surface area (Å²) < 4.78 is 0. The smallest absolute Gasteiger partial charge is 0.220 e. The van der Waals surface area contributed by atoms with E-state index in [4.69, 9.17) is 11.5 Å². The van der Waals surface area contributed by atoms with Gasteiger partial charge in [0, 0.05) is 5.69 Å². The van der Waals surface area contributed by atoms with Crippen LogP contribution in [0.15, 0.2) is 82.8 Å². The van der Waals surface area contributed by atoms with Crippen molar-refractivity contribution in [1.29, 1.82) is 0 Å². The molecular weight excluding hydrogens is 358 g/mol. The molecule has 0 radical (unpaired) electrons. The van der Waals surface area contributed by atoms with Crippen molar-refractivity contribution in [2.75, 3.05) is 4.90 Å². The van der Waals surface area contributed by atoms with Crippen LogP contribution in [0.25, 0.3) is 10.8 Å². The first-order valence-electron chi connectivity index (χ1n) is 8.70. The Labute approximate surface area is 164 Å². The third-order valence-corrected chi connectivity index (χ3v) is 4.60. The molecule has 0 spiro atoms. The number of aliphatic imine (C=N–C) groups is 2. The Morgan fingerprint density at radius 2 is 1.56 bits per heavy atom. The zero-order chi connectivity index (χ0) is 17.9. The lowest BCUT2D eigenvalue weighted by Crippen LogP contribution is -2.48. The molecule has 0 bridgehead atoms. The number of aryl methyl sites for hydroxylation is 1. The van der Waals surface area contributed by atoms with Crippen molar-refractivity contribution in [3.05, 3.63) is 78.4 Å². The number of hydrogen-bond donors (Lipinski definition) is 2. The van der Waals surface area contributed by atoms with Gasteiger partial charge >= 0.3 is 0 Å². The molecule has 138 valence electrons. The van der Waals surface area contributed by atoms with E-state index in [1.807, 2.05) is 35.2 Å². The first kappa shape index (κ1) is 18.7. The summed E-state index contributed by atoms with van der Waals surface area (Å²) in [7, 11) is 0. The number of nitrogens with zero attached hydrogens (tertiary/aromatic N) is 3. The molecule has 5 nitrogen and oxygen atoms in total. The van der Waals surface area contributed by atoms with Crippen LogP contribution in [0, 0.1) is 0 Å². The number of hydrogen-bond acceptors (Lipinski definition) is 5. The Morgan fingerprint density at radius 1 is 0.852 bits per heavy atom. The highest BCUT2D eigenvalue weighted by molar-refractivity contribution is 6.05. The maximum Gasteiger partial charge on any atom is 0.220 e. The van der Waals surface area contributed by atoms with Gasteiger partial charge in [0.05, 0.1) is 0 Å². The van der Waals surface area contributed by atoms with E-state index < -0.39 is 0 Å². The van der Waals surface area contributed by atoms with E-state index in [1.165, 1.54) is 10.9 Å². The van der Waals surface area contributed by atoms with Gasteiger partial charge in [-0.15, -0.1) is 12.4 Å². The Bertz CT molecular complexity index is 984. The van der Waals surface area contributed by atoms with Crippen molar-refractivity contribution in [3.8, 4) is 0 Å². The van der Waals surface area contributed by atoms with E-state index in [2.05, 4.69) is 52.4 Å². The molecule has 1 aliphatic rings. The van der Waals surface area contributed by atoms with Gasteiger partial charge in [0.2, 0.25) is 11.9 Å². The molecule has 27 heavy (non-hydrogen) atoms. The van der Waals surface area contributed by atoms with Gasteiger partial charge in [-0.2, -0.15) is 4.99 Å². The molecule has 1 atom stereocenters. The molecule has 0 saturated carbocycles.